The quantitative estimate of drug-likeness (QED) is 0.561. The topological polar surface area (TPSA) is 0 Å². The van der Waals surface area contributed by atoms with Gasteiger partial charge in [0.05, 0.1) is 5.38 Å². The average Bonchev–Trinajstić information content (AvgIpc) is 2.27. The third-order valence-corrected chi connectivity index (χ3v) is 4.14. The van der Waals surface area contributed by atoms with Crippen LogP contribution in [0.2, 0.25) is 0 Å². The van der Waals surface area contributed by atoms with Crippen LogP contribution in [0.25, 0.3) is 0 Å². The molecule has 0 nitrogen and oxygen atoms in total. The summed E-state index contributed by atoms with van der Waals surface area (Å²) < 4.78 is 13.3. The molecule has 102 valence electrons. The van der Waals surface area contributed by atoms with Crippen LogP contribution < -0.4 is 0 Å². The van der Waals surface area contributed by atoms with Crippen LogP contribution in [0.3, 0.4) is 0 Å². The summed E-state index contributed by atoms with van der Waals surface area (Å²) in [5.41, 5.74) is 3.08. The number of hydrogen-bond acceptors (Lipinski definition) is 0. The summed E-state index contributed by atoms with van der Waals surface area (Å²) in [6.07, 6.45) is 4.57. The maximum Gasteiger partial charge on any atom is 0.123 e. The fourth-order valence-corrected chi connectivity index (χ4v) is 3.37. The number of alkyl halides is 1. The first kappa shape index (κ1) is 15.5. The molecular weight excluding hydrogens is 247 g/mol. The summed E-state index contributed by atoms with van der Waals surface area (Å²) in [6, 6.07) is 3.18. The van der Waals surface area contributed by atoms with E-state index in [1.807, 2.05) is 13.8 Å². The first-order valence-electron chi connectivity index (χ1n) is 6.91. The predicted molar refractivity (Wildman–Crippen MR) is 77.8 cm³/mol. The SMILES string of the molecule is CCCC(CCC)C(Cl)c1c(C)cc(F)cc1C. The third kappa shape index (κ3) is 3.71. The molecule has 0 aliphatic carbocycles. The van der Waals surface area contributed by atoms with Crippen LogP contribution in [0, 0.1) is 25.6 Å². The Balaban J connectivity index is 3.03. The van der Waals surface area contributed by atoms with Crippen LogP contribution in [-0.2, 0) is 0 Å². The Labute approximate surface area is 116 Å². The summed E-state index contributed by atoms with van der Waals surface area (Å²) >= 11 is 6.67. The summed E-state index contributed by atoms with van der Waals surface area (Å²) in [4.78, 5) is 0. The highest BCUT2D eigenvalue weighted by atomic mass is 35.5. The van der Waals surface area contributed by atoms with Gasteiger partial charge in [0.2, 0.25) is 0 Å². The molecule has 2 heteroatoms. The van der Waals surface area contributed by atoms with E-state index < -0.39 is 0 Å². The van der Waals surface area contributed by atoms with Gasteiger partial charge in [-0.2, -0.15) is 0 Å². The number of aryl methyl sites for hydroxylation is 2. The Hall–Kier alpha value is -0.560. The lowest BCUT2D eigenvalue weighted by Gasteiger charge is -2.25. The van der Waals surface area contributed by atoms with Gasteiger partial charge in [0, 0.05) is 0 Å². The van der Waals surface area contributed by atoms with Crippen molar-refractivity contribution in [1.82, 2.24) is 0 Å². The molecule has 0 saturated heterocycles. The molecule has 0 amide bonds. The second-order valence-electron chi connectivity index (χ2n) is 5.19. The molecule has 0 fully saturated rings. The highest BCUT2D eigenvalue weighted by molar-refractivity contribution is 6.21. The second kappa shape index (κ2) is 7.13. The summed E-state index contributed by atoms with van der Waals surface area (Å²) in [5, 5.41) is 0.00509. The first-order chi connectivity index (χ1) is 8.51. The van der Waals surface area contributed by atoms with Gasteiger partial charge in [-0.05, 0) is 61.4 Å². The van der Waals surface area contributed by atoms with E-state index in [1.165, 1.54) is 0 Å². The smallest absolute Gasteiger partial charge is 0.123 e. The van der Waals surface area contributed by atoms with E-state index >= 15 is 0 Å². The minimum Gasteiger partial charge on any atom is -0.207 e. The van der Waals surface area contributed by atoms with Crippen LogP contribution >= 0.6 is 11.6 Å². The fourth-order valence-electron chi connectivity index (χ4n) is 2.77. The molecule has 1 aromatic carbocycles. The molecule has 1 atom stereocenters. The Kier molecular flexibility index (Phi) is 6.14. The van der Waals surface area contributed by atoms with Gasteiger partial charge in [-0.1, -0.05) is 26.7 Å². The highest BCUT2D eigenvalue weighted by Gasteiger charge is 2.23. The molecule has 0 N–H and O–H groups in total. The molecule has 1 rings (SSSR count). The molecule has 0 aliphatic rings. The van der Waals surface area contributed by atoms with E-state index in [-0.39, 0.29) is 11.2 Å². The molecular formula is C16H24ClF. The van der Waals surface area contributed by atoms with Crippen molar-refractivity contribution in [1.29, 1.82) is 0 Å². The van der Waals surface area contributed by atoms with Crippen molar-refractivity contribution in [3.63, 3.8) is 0 Å². The fraction of sp³-hybridized carbons (Fsp3) is 0.625. The van der Waals surface area contributed by atoms with Crippen LogP contribution in [0.4, 0.5) is 4.39 Å². The van der Waals surface area contributed by atoms with Crippen LogP contribution in [0.1, 0.15) is 61.6 Å². The van der Waals surface area contributed by atoms with Gasteiger partial charge in [0.25, 0.3) is 0 Å². The maximum atomic E-state index is 13.3. The van der Waals surface area contributed by atoms with Crippen LogP contribution in [0.15, 0.2) is 12.1 Å². The summed E-state index contributed by atoms with van der Waals surface area (Å²) in [7, 11) is 0. The normalized spacial score (nSPS) is 13.1. The standard InChI is InChI=1S/C16H24ClF/c1-5-7-13(8-6-2)16(17)15-11(3)9-14(18)10-12(15)4/h9-10,13,16H,5-8H2,1-4H3. The van der Waals surface area contributed by atoms with E-state index in [1.54, 1.807) is 12.1 Å². The zero-order chi connectivity index (χ0) is 13.7. The Morgan fingerprint density at radius 2 is 1.50 bits per heavy atom. The molecule has 0 heterocycles. The summed E-state index contributed by atoms with van der Waals surface area (Å²) in [5.74, 6) is 0.324. The molecule has 0 bridgehead atoms. The Morgan fingerprint density at radius 3 is 1.89 bits per heavy atom. The van der Waals surface area contributed by atoms with Crippen molar-refractivity contribution in [2.24, 2.45) is 5.92 Å². The zero-order valence-corrected chi connectivity index (χ0v) is 12.6. The van der Waals surface area contributed by atoms with Crippen LogP contribution in [0.5, 0.6) is 0 Å². The predicted octanol–water partition coefficient (Wildman–Crippen LogP) is 5.94. The highest BCUT2D eigenvalue weighted by Crippen LogP contribution is 2.38. The second-order valence-corrected chi connectivity index (χ2v) is 5.66. The zero-order valence-electron chi connectivity index (χ0n) is 11.9. The number of rotatable bonds is 6. The monoisotopic (exact) mass is 270 g/mol. The van der Waals surface area contributed by atoms with Gasteiger partial charge in [-0.25, -0.2) is 4.39 Å². The van der Waals surface area contributed by atoms with Crippen molar-refractivity contribution >= 4 is 11.6 Å². The minimum absolute atomic E-state index is 0.00509. The minimum atomic E-state index is -0.167. The van der Waals surface area contributed by atoms with E-state index in [0.717, 1.165) is 42.4 Å². The number of benzene rings is 1. The van der Waals surface area contributed by atoms with Gasteiger partial charge in [-0.3, -0.25) is 0 Å². The first-order valence-corrected chi connectivity index (χ1v) is 7.35. The van der Waals surface area contributed by atoms with Gasteiger partial charge in [0.15, 0.2) is 0 Å². The van der Waals surface area contributed by atoms with Gasteiger partial charge >= 0.3 is 0 Å². The molecule has 0 radical (unpaired) electrons. The average molecular weight is 271 g/mol. The van der Waals surface area contributed by atoms with Crippen LogP contribution in [-0.4, -0.2) is 0 Å². The van der Waals surface area contributed by atoms with E-state index in [2.05, 4.69) is 13.8 Å². The molecule has 0 spiro atoms. The lowest BCUT2D eigenvalue weighted by Crippen LogP contribution is -2.11. The lowest BCUT2D eigenvalue weighted by atomic mass is 9.87. The largest absolute Gasteiger partial charge is 0.207 e. The van der Waals surface area contributed by atoms with Crippen molar-refractivity contribution in [3.05, 3.63) is 34.6 Å². The van der Waals surface area contributed by atoms with Crippen molar-refractivity contribution in [2.75, 3.05) is 0 Å². The molecule has 18 heavy (non-hydrogen) atoms. The molecule has 0 aliphatic heterocycles. The lowest BCUT2D eigenvalue weighted by molar-refractivity contribution is 0.424. The number of hydrogen-bond donors (Lipinski definition) is 0. The van der Waals surface area contributed by atoms with Gasteiger partial charge in [0.1, 0.15) is 5.82 Å². The van der Waals surface area contributed by atoms with Crippen molar-refractivity contribution in [2.45, 2.75) is 58.8 Å². The Bertz CT molecular complexity index is 358. The van der Waals surface area contributed by atoms with E-state index in [4.69, 9.17) is 11.6 Å². The molecule has 0 saturated carbocycles. The number of halogens is 2. The van der Waals surface area contributed by atoms with Gasteiger partial charge < -0.3 is 0 Å². The van der Waals surface area contributed by atoms with E-state index in [0.29, 0.717) is 5.92 Å². The summed E-state index contributed by atoms with van der Waals surface area (Å²) in [6.45, 7) is 8.29. The van der Waals surface area contributed by atoms with Crippen molar-refractivity contribution in [3.8, 4) is 0 Å². The van der Waals surface area contributed by atoms with Crippen molar-refractivity contribution < 1.29 is 4.39 Å². The third-order valence-electron chi connectivity index (χ3n) is 3.57. The van der Waals surface area contributed by atoms with Gasteiger partial charge in [-0.15, -0.1) is 11.6 Å². The Morgan fingerprint density at radius 1 is 1.06 bits per heavy atom. The maximum absolute atomic E-state index is 13.3. The molecule has 1 aromatic rings. The van der Waals surface area contributed by atoms with E-state index in [9.17, 15) is 4.39 Å². The molecule has 0 aromatic heterocycles. The molecule has 1 unspecified atom stereocenters.